The molecule has 0 heterocycles. The molecular formula is C14H20N2. The van der Waals surface area contributed by atoms with Crippen LogP contribution in [-0.4, -0.2) is 18.0 Å². The molecule has 0 spiro atoms. The molecule has 0 N–H and O–H groups in total. The first kappa shape index (κ1) is 12.7. The van der Waals surface area contributed by atoms with E-state index in [1.165, 1.54) is 22.3 Å². The molecule has 0 saturated carbocycles. The third-order valence-corrected chi connectivity index (χ3v) is 3.44. The van der Waals surface area contributed by atoms with E-state index >= 15 is 0 Å². The number of hydrogen-bond donors (Lipinski definition) is 0. The average molecular weight is 216 g/mol. The van der Waals surface area contributed by atoms with Crippen molar-refractivity contribution < 1.29 is 0 Å². The fourth-order valence-corrected chi connectivity index (χ4v) is 1.69. The molecule has 1 aromatic carbocycles. The van der Waals surface area contributed by atoms with Gasteiger partial charge in [0.05, 0.1) is 12.1 Å². The van der Waals surface area contributed by atoms with Gasteiger partial charge in [0.1, 0.15) is 0 Å². The molecule has 0 bridgehead atoms. The highest BCUT2D eigenvalue weighted by atomic mass is 15.1. The van der Waals surface area contributed by atoms with Gasteiger partial charge in [-0.25, -0.2) is 0 Å². The van der Waals surface area contributed by atoms with Crippen LogP contribution >= 0.6 is 0 Å². The Hall–Kier alpha value is -1.33. The van der Waals surface area contributed by atoms with Crippen molar-refractivity contribution in [2.45, 2.75) is 40.3 Å². The highest BCUT2D eigenvalue weighted by Gasteiger charge is 2.10. The van der Waals surface area contributed by atoms with Gasteiger partial charge in [-0.2, -0.15) is 5.26 Å². The van der Waals surface area contributed by atoms with Crippen LogP contribution < -0.4 is 0 Å². The molecule has 1 atom stereocenters. The van der Waals surface area contributed by atoms with Crippen LogP contribution in [0.1, 0.15) is 29.2 Å². The molecule has 16 heavy (non-hydrogen) atoms. The summed E-state index contributed by atoms with van der Waals surface area (Å²) in [4.78, 5) is 2.07. The Morgan fingerprint density at radius 2 is 1.88 bits per heavy atom. The third kappa shape index (κ3) is 2.62. The van der Waals surface area contributed by atoms with Crippen molar-refractivity contribution in [3.8, 4) is 6.07 Å². The number of hydrogen-bond acceptors (Lipinski definition) is 2. The summed E-state index contributed by atoms with van der Waals surface area (Å²) in [5.74, 6) is 0. The molecule has 2 heteroatoms. The Kier molecular flexibility index (Phi) is 4.09. The van der Waals surface area contributed by atoms with E-state index in [4.69, 9.17) is 5.26 Å². The number of nitriles is 1. The standard InChI is InChI=1S/C14H20N2/c1-10-6-7-14(13(4)12(10)3)9-16(5)11(2)8-15/h6-7,11H,9H2,1-5H3. The second-order valence-corrected chi connectivity index (χ2v) is 4.51. The minimum absolute atomic E-state index is 0.0407. The Balaban J connectivity index is 2.91. The molecule has 2 nitrogen and oxygen atoms in total. The summed E-state index contributed by atoms with van der Waals surface area (Å²) in [7, 11) is 1.99. The zero-order chi connectivity index (χ0) is 12.3. The van der Waals surface area contributed by atoms with Gasteiger partial charge in [0.15, 0.2) is 0 Å². The molecule has 0 fully saturated rings. The monoisotopic (exact) mass is 216 g/mol. The van der Waals surface area contributed by atoms with Crippen LogP contribution in [0.5, 0.6) is 0 Å². The maximum Gasteiger partial charge on any atom is 0.0949 e. The molecule has 0 amide bonds. The van der Waals surface area contributed by atoms with Gasteiger partial charge in [-0.3, -0.25) is 4.90 Å². The van der Waals surface area contributed by atoms with Crippen LogP contribution in [-0.2, 0) is 6.54 Å². The van der Waals surface area contributed by atoms with Crippen LogP contribution in [0, 0.1) is 32.1 Å². The fourth-order valence-electron chi connectivity index (χ4n) is 1.69. The number of benzene rings is 1. The quantitative estimate of drug-likeness (QED) is 0.776. The molecule has 0 aliphatic heterocycles. The third-order valence-electron chi connectivity index (χ3n) is 3.44. The Labute approximate surface area is 98.5 Å². The zero-order valence-electron chi connectivity index (χ0n) is 10.8. The van der Waals surface area contributed by atoms with Gasteiger partial charge in [0.2, 0.25) is 0 Å². The summed E-state index contributed by atoms with van der Waals surface area (Å²) < 4.78 is 0. The highest BCUT2D eigenvalue weighted by molar-refractivity contribution is 5.38. The van der Waals surface area contributed by atoms with Gasteiger partial charge in [0.25, 0.3) is 0 Å². The fraction of sp³-hybridized carbons (Fsp3) is 0.500. The van der Waals surface area contributed by atoms with Gasteiger partial charge >= 0.3 is 0 Å². The summed E-state index contributed by atoms with van der Waals surface area (Å²) in [5.41, 5.74) is 5.34. The maximum atomic E-state index is 8.86. The summed E-state index contributed by atoms with van der Waals surface area (Å²) in [5, 5.41) is 8.86. The lowest BCUT2D eigenvalue weighted by Gasteiger charge is -2.21. The van der Waals surface area contributed by atoms with E-state index in [0.717, 1.165) is 6.54 Å². The molecule has 0 saturated heterocycles. The van der Waals surface area contributed by atoms with Crippen molar-refractivity contribution in [3.63, 3.8) is 0 Å². The molecule has 0 aliphatic carbocycles. The Bertz CT molecular complexity index is 415. The van der Waals surface area contributed by atoms with E-state index in [1.54, 1.807) is 0 Å². The number of aryl methyl sites for hydroxylation is 1. The molecule has 1 aromatic rings. The maximum absolute atomic E-state index is 8.86. The SMILES string of the molecule is Cc1ccc(CN(C)C(C)C#N)c(C)c1C. The van der Waals surface area contributed by atoms with E-state index in [2.05, 4.69) is 43.9 Å². The van der Waals surface area contributed by atoms with Gasteiger partial charge < -0.3 is 0 Å². The van der Waals surface area contributed by atoms with Crippen molar-refractivity contribution >= 4 is 0 Å². The lowest BCUT2D eigenvalue weighted by Crippen LogP contribution is -2.27. The van der Waals surface area contributed by atoms with Crippen LogP contribution in [0.4, 0.5) is 0 Å². The highest BCUT2D eigenvalue weighted by Crippen LogP contribution is 2.18. The van der Waals surface area contributed by atoms with Crippen LogP contribution in [0.2, 0.25) is 0 Å². The summed E-state index contributed by atoms with van der Waals surface area (Å²) in [6.07, 6.45) is 0. The first-order valence-corrected chi connectivity index (χ1v) is 5.63. The normalized spacial score (nSPS) is 12.6. The van der Waals surface area contributed by atoms with Crippen molar-refractivity contribution in [3.05, 3.63) is 34.4 Å². The minimum Gasteiger partial charge on any atom is -0.287 e. The van der Waals surface area contributed by atoms with Gasteiger partial charge in [-0.05, 0) is 57.0 Å². The van der Waals surface area contributed by atoms with Crippen LogP contribution in [0.15, 0.2) is 12.1 Å². The summed E-state index contributed by atoms with van der Waals surface area (Å²) in [6.45, 7) is 9.20. The Morgan fingerprint density at radius 1 is 1.25 bits per heavy atom. The summed E-state index contributed by atoms with van der Waals surface area (Å²) >= 11 is 0. The van der Waals surface area contributed by atoms with E-state index in [0.29, 0.717) is 0 Å². The molecule has 1 unspecified atom stereocenters. The largest absolute Gasteiger partial charge is 0.287 e. The molecular weight excluding hydrogens is 196 g/mol. The Morgan fingerprint density at radius 3 is 2.44 bits per heavy atom. The number of rotatable bonds is 3. The van der Waals surface area contributed by atoms with Crippen molar-refractivity contribution in [2.24, 2.45) is 0 Å². The molecule has 1 rings (SSSR count). The smallest absolute Gasteiger partial charge is 0.0949 e. The van der Waals surface area contributed by atoms with Gasteiger partial charge in [-0.1, -0.05) is 12.1 Å². The molecule has 0 aromatic heterocycles. The molecule has 0 radical (unpaired) electrons. The molecule has 0 aliphatic rings. The summed E-state index contributed by atoms with van der Waals surface area (Å²) in [6, 6.07) is 6.54. The topological polar surface area (TPSA) is 27.0 Å². The van der Waals surface area contributed by atoms with E-state index in [9.17, 15) is 0 Å². The zero-order valence-corrected chi connectivity index (χ0v) is 10.8. The lowest BCUT2D eigenvalue weighted by molar-refractivity contribution is 0.294. The first-order valence-electron chi connectivity index (χ1n) is 5.63. The number of nitrogens with zero attached hydrogens (tertiary/aromatic N) is 2. The minimum atomic E-state index is -0.0407. The van der Waals surface area contributed by atoms with Gasteiger partial charge in [-0.15, -0.1) is 0 Å². The predicted octanol–water partition coefficient (Wildman–Crippen LogP) is 2.96. The van der Waals surface area contributed by atoms with E-state index in [-0.39, 0.29) is 6.04 Å². The van der Waals surface area contributed by atoms with E-state index < -0.39 is 0 Å². The van der Waals surface area contributed by atoms with Gasteiger partial charge in [0, 0.05) is 6.54 Å². The lowest BCUT2D eigenvalue weighted by atomic mass is 9.98. The van der Waals surface area contributed by atoms with Crippen LogP contribution in [0.3, 0.4) is 0 Å². The van der Waals surface area contributed by atoms with Crippen molar-refractivity contribution in [1.29, 1.82) is 5.26 Å². The second kappa shape index (κ2) is 5.14. The van der Waals surface area contributed by atoms with Crippen LogP contribution in [0.25, 0.3) is 0 Å². The molecule has 86 valence electrons. The average Bonchev–Trinajstić information content (AvgIpc) is 2.28. The second-order valence-electron chi connectivity index (χ2n) is 4.51. The van der Waals surface area contributed by atoms with E-state index in [1.807, 2.05) is 14.0 Å². The van der Waals surface area contributed by atoms with Crippen molar-refractivity contribution in [2.75, 3.05) is 7.05 Å². The van der Waals surface area contributed by atoms with Crippen molar-refractivity contribution in [1.82, 2.24) is 4.90 Å². The first-order chi connectivity index (χ1) is 7.47. The predicted molar refractivity (Wildman–Crippen MR) is 67.2 cm³/mol.